The van der Waals surface area contributed by atoms with Crippen LogP contribution in [0.2, 0.25) is 0 Å². The van der Waals surface area contributed by atoms with Crippen molar-refractivity contribution >= 4 is 23.4 Å². The van der Waals surface area contributed by atoms with Gasteiger partial charge in [-0.2, -0.15) is 4.98 Å². The molecule has 0 amide bonds. The number of aromatic nitrogens is 3. The predicted octanol–water partition coefficient (Wildman–Crippen LogP) is 1.22. The number of carbonyl (C=O) groups is 1. The first-order chi connectivity index (χ1) is 15.7. The molecule has 4 aliphatic rings. The molecule has 1 saturated heterocycles. The number of esters is 1. The number of ether oxygens (including phenoxy) is 2. The third kappa shape index (κ3) is 3.24. The van der Waals surface area contributed by atoms with Gasteiger partial charge in [-0.3, -0.25) is 19.7 Å². The number of pyridine rings is 1. The Kier molecular flexibility index (Phi) is 4.67. The Morgan fingerprint density at radius 3 is 2.67 bits per heavy atom. The Morgan fingerprint density at radius 1 is 1.33 bits per heavy atom. The van der Waals surface area contributed by atoms with Crippen molar-refractivity contribution in [3.8, 4) is 0 Å². The van der Waals surface area contributed by atoms with Gasteiger partial charge in [-0.25, -0.2) is 4.98 Å². The molecule has 3 heterocycles. The Hall–Kier alpha value is -3.54. The van der Waals surface area contributed by atoms with Crippen molar-refractivity contribution in [2.45, 2.75) is 43.8 Å². The lowest BCUT2D eigenvalue weighted by Gasteiger charge is -2.67. The van der Waals surface area contributed by atoms with Gasteiger partial charge in [-0.05, 0) is 37.8 Å². The first-order valence-corrected chi connectivity index (χ1v) is 10.7. The van der Waals surface area contributed by atoms with Gasteiger partial charge in [-0.1, -0.05) is 0 Å². The fraction of sp³-hybridized carbons (Fsp3) is 0.524. The van der Waals surface area contributed by atoms with Gasteiger partial charge in [0.25, 0.3) is 0 Å². The molecule has 2 aromatic heterocycles. The van der Waals surface area contributed by atoms with Crippen LogP contribution >= 0.6 is 0 Å². The van der Waals surface area contributed by atoms with E-state index in [4.69, 9.17) is 15.2 Å². The SMILES string of the molecule is COC(=O)C12CC(c3nc(N4C[C@@H](C)O[C@@H](c5ccc(=O)[nH]c5)C4)nc(N)c3[N+](=O)[O-])(C1)C2. The molecular formula is C21H24N6O6. The van der Waals surface area contributed by atoms with Crippen LogP contribution in [0.4, 0.5) is 17.5 Å². The lowest BCUT2D eigenvalue weighted by Crippen LogP contribution is -2.68. The summed E-state index contributed by atoms with van der Waals surface area (Å²) in [6.45, 7) is 2.75. The predicted molar refractivity (Wildman–Crippen MR) is 116 cm³/mol. The molecule has 0 radical (unpaired) electrons. The highest BCUT2D eigenvalue weighted by Crippen LogP contribution is 2.74. The van der Waals surface area contributed by atoms with Crippen LogP contribution in [-0.4, -0.2) is 52.1 Å². The second kappa shape index (κ2) is 7.24. The first-order valence-electron chi connectivity index (χ1n) is 10.7. The third-order valence-corrected chi connectivity index (χ3v) is 6.96. The zero-order valence-electron chi connectivity index (χ0n) is 18.2. The van der Waals surface area contributed by atoms with Crippen molar-refractivity contribution in [2.75, 3.05) is 30.8 Å². The fourth-order valence-corrected chi connectivity index (χ4v) is 5.54. The molecule has 2 aromatic rings. The molecular weight excluding hydrogens is 432 g/mol. The summed E-state index contributed by atoms with van der Waals surface area (Å²) >= 11 is 0. The Bertz CT molecular complexity index is 1170. The van der Waals surface area contributed by atoms with Crippen molar-refractivity contribution in [1.29, 1.82) is 0 Å². The number of anilines is 2. The number of morpholine rings is 1. The van der Waals surface area contributed by atoms with Gasteiger partial charge in [0, 0.05) is 24.2 Å². The van der Waals surface area contributed by atoms with Crippen LogP contribution in [0.5, 0.6) is 0 Å². The number of hydrogen-bond acceptors (Lipinski definition) is 10. The minimum absolute atomic E-state index is 0.184. The summed E-state index contributed by atoms with van der Waals surface area (Å²) in [6.07, 6.45) is 2.41. The minimum atomic E-state index is -0.578. The van der Waals surface area contributed by atoms with Crippen molar-refractivity contribution in [1.82, 2.24) is 15.0 Å². The standard InChI is InChI=1S/C21H24N6O6/c1-11-6-26(7-13(33-11)12-3-4-14(28)23-5-12)19-24-16(15(27(30)31)17(22)25-19)20-8-21(9-20,10-20)18(29)32-2/h3-5,11,13H,6-10H2,1-2H3,(H,23,28)(H2,22,24,25)/t11-,13-,20?,21?/m1/s1. The number of nitrogens with zero attached hydrogens (tertiary/aromatic N) is 4. The van der Waals surface area contributed by atoms with Crippen LogP contribution in [0.3, 0.4) is 0 Å². The summed E-state index contributed by atoms with van der Waals surface area (Å²) in [7, 11) is 1.34. The zero-order valence-corrected chi connectivity index (χ0v) is 18.2. The van der Waals surface area contributed by atoms with E-state index in [0.29, 0.717) is 32.4 Å². The molecule has 3 N–H and O–H groups in total. The second-order valence-corrected chi connectivity index (χ2v) is 9.27. The molecule has 2 bridgehead atoms. The molecule has 6 rings (SSSR count). The molecule has 1 aliphatic heterocycles. The molecule has 3 saturated carbocycles. The van der Waals surface area contributed by atoms with Crippen LogP contribution in [0.15, 0.2) is 23.1 Å². The number of carbonyl (C=O) groups excluding carboxylic acids is 1. The molecule has 4 fully saturated rings. The quantitative estimate of drug-likeness (QED) is 0.379. The summed E-state index contributed by atoms with van der Waals surface area (Å²) < 4.78 is 10.9. The molecule has 174 valence electrons. The van der Waals surface area contributed by atoms with Gasteiger partial charge >= 0.3 is 11.7 Å². The summed E-state index contributed by atoms with van der Waals surface area (Å²) in [5.74, 6) is -0.203. The van der Waals surface area contributed by atoms with Crippen LogP contribution in [0.25, 0.3) is 0 Å². The average molecular weight is 456 g/mol. The number of nitro groups is 1. The van der Waals surface area contributed by atoms with Gasteiger partial charge in [-0.15, -0.1) is 0 Å². The zero-order chi connectivity index (χ0) is 23.5. The Morgan fingerprint density at radius 2 is 2.06 bits per heavy atom. The topological polar surface area (TPSA) is 167 Å². The molecule has 2 atom stereocenters. The summed E-state index contributed by atoms with van der Waals surface area (Å²) in [5, 5.41) is 11.8. The lowest BCUT2D eigenvalue weighted by molar-refractivity contribution is -0.386. The molecule has 0 unspecified atom stereocenters. The number of nitrogens with one attached hydrogen (secondary N) is 1. The highest BCUT2D eigenvalue weighted by molar-refractivity contribution is 5.83. The summed E-state index contributed by atoms with van der Waals surface area (Å²) in [5.41, 5.74) is 5.47. The van der Waals surface area contributed by atoms with Crippen molar-refractivity contribution in [3.63, 3.8) is 0 Å². The van der Waals surface area contributed by atoms with E-state index in [9.17, 15) is 19.7 Å². The molecule has 33 heavy (non-hydrogen) atoms. The highest BCUT2D eigenvalue weighted by atomic mass is 16.6. The van der Waals surface area contributed by atoms with E-state index in [0.717, 1.165) is 5.56 Å². The maximum absolute atomic E-state index is 12.1. The van der Waals surface area contributed by atoms with E-state index in [1.807, 2.05) is 11.8 Å². The maximum Gasteiger partial charge on any atom is 0.333 e. The van der Waals surface area contributed by atoms with Gasteiger partial charge < -0.3 is 25.1 Å². The van der Waals surface area contributed by atoms with Gasteiger partial charge in [0.1, 0.15) is 11.8 Å². The van der Waals surface area contributed by atoms with E-state index in [1.165, 1.54) is 13.2 Å². The van der Waals surface area contributed by atoms with Gasteiger partial charge in [0.05, 0.1) is 30.1 Å². The van der Waals surface area contributed by atoms with E-state index in [-0.39, 0.29) is 46.9 Å². The first kappa shape index (κ1) is 21.3. The van der Waals surface area contributed by atoms with E-state index in [1.54, 1.807) is 12.3 Å². The second-order valence-electron chi connectivity index (χ2n) is 9.27. The minimum Gasteiger partial charge on any atom is -0.469 e. The molecule has 0 spiro atoms. The van der Waals surface area contributed by atoms with Crippen molar-refractivity contribution in [2.24, 2.45) is 5.41 Å². The van der Waals surface area contributed by atoms with E-state index < -0.39 is 15.8 Å². The lowest BCUT2D eigenvalue weighted by atomic mass is 9.34. The normalized spacial score (nSPS) is 30.2. The Balaban J connectivity index is 1.48. The maximum atomic E-state index is 12.1. The third-order valence-electron chi connectivity index (χ3n) is 6.96. The average Bonchev–Trinajstić information content (AvgIpc) is 2.71. The number of H-pyrrole nitrogens is 1. The number of hydrogen-bond donors (Lipinski definition) is 2. The van der Waals surface area contributed by atoms with Crippen molar-refractivity contribution in [3.05, 3.63) is 50.1 Å². The summed E-state index contributed by atoms with van der Waals surface area (Å²) in [6, 6.07) is 3.13. The largest absolute Gasteiger partial charge is 0.469 e. The molecule has 12 nitrogen and oxygen atoms in total. The number of methoxy groups -OCH3 is 1. The number of rotatable bonds is 5. The van der Waals surface area contributed by atoms with E-state index >= 15 is 0 Å². The van der Waals surface area contributed by atoms with Crippen LogP contribution in [-0.2, 0) is 19.7 Å². The Labute approximate surface area is 188 Å². The molecule has 3 aliphatic carbocycles. The number of aromatic amines is 1. The van der Waals surface area contributed by atoms with Crippen LogP contribution < -0.4 is 16.2 Å². The number of nitrogens with two attached hydrogens (primary N) is 1. The fourth-order valence-electron chi connectivity index (χ4n) is 5.54. The van der Waals surface area contributed by atoms with Crippen LogP contribution in [0.1, 0.15) is 43.5 Å². The molecule has 12 heteroatoms. The van der Waals surface area contributed by atoms with E-state index in [2.05, 4.69) is 15.0 Å². The summed E-state index contributed by atoms with van der Waals surface area (Å²) in [4.78, 5) is 48.2. The monoisotopic (exact) mass is 456 g/mol. The van der Waals surface area contributed by atoms with Crippen LogP contribution in [0, 0.1) is 15.5 Å². The number of nitrogen functional groups attached to an aromatic ring is 1. The van der Waals surface area contributed by atoms with Gasteiger partial charge in [0.2, 0.25) is 17.3 Å². The molecule has 0 aromatic carbocycles. The highest BCUT2D eigenvalue weighted by Gasteiger charge is 2.75. The smallest absolute Gasteiger partial charge is 0.333 e. The van der Waals surface area contributed by atoms with Crippen molar-refractivity contribution < 1.29 is 19.2 Å². The van der Waals surface area contributed by atoms with Gasteiger partial charge in [0.15, 0.2) is 0 Å².